The van der Waals surface area contributed by atoms with Crippen LogP contribution in [0.4, 0.5) is 5.69 Å². The van der Waals surface area contributed by atoms with Crippen LogP contribution in [-0.4, -0.2) is 22.9 Å². The molecule has 2 aromatic carbocycles. The lowest BCUT2D eigenvalue weighted by Crippen LogP contribution is -2.28. The first-order valence-corrected chi connectivity index (χ1v) is 9.50. The molecule has 1 fully saturated rings. The highest BCUT2D eigenvalue weighted by Crippen LogP contribution is 2.27. The highest BCUT2D eigenvalue weighted by Gasteiger charge is 2.25. The first kappa shape index (κ1) is 19.6. The van der Waals surface area contributed by atoms with Gasteiger partial charge in [0.15, 0.2) is 0 Å². The molecule has 28 heavy (non-hydrogen) atoms. The SMILES string of the molecule is O=C(CCc1ccc(C(=O)O)cc1)NCc1cccc(NC(=O)C2CCC2)c1. The Hall–Kier alpha value is -3.15. The summed E-state index contributed by atoms with van der Waals surface area (Å²) >= 11 is 0. The van der Waals surface area contributed by atoms with Crippen LogP contribution in [0.15, 0.2) is 48.5 Å². The summed E-state index contributed by atoms with van der Waals surface area (Å²) < 4.78 is 0. The van der Waals surface area contributed by atoms with Gasteiger partial charge in [-0.25, -0.2) is 4.79 Å². The van der Waals surface area contributed by atoms with Crippen molar-refractivity contribution in [2.75, 3.05) is 5.32 Å². The van der Waals surface area contributed by atoms with Crippen molar-refractivity contribution in [1.29, 1.82) is 0 Å². The third-order valence-corrected chi connectivity index (χ3v) is 5.00. The van der Waals surface area contributed by atoms with Crippen molar-refractivity contribution in [2.24, 2.45) is 5.92 Å². The van der Waals surface area contributed by atoms with Gasteiger partial charge in [0.25, 0.3) is 0 Å². The monoisotopic (exact) mass is 380 g/mol. The van der Waals surface area contributed by atoms with Crippen LogP contribution in [0.2, 0.25) is 0 Å². The number of aryl methyl sites for hydroxylation is 1. The third-order valence-electron chi connectivity index (χ3n) is 5.00. The van der Waals surface area contributed by atoms with Gasteiger partial charge in [-0.1, -0.05) is 30.7 Å². The normalized spacial score (nSPS) is 13.4. The van der Waals surface area contributed by atoms with E-state index in [2.05, 4.69) is 10.6 Å². The Labute approximate surface area is 164 Å². The van der Waals surface area contributed by atoms with Gasteiger partial charge in [0, 0.05) is 24.6 Å². The zero-order valence-corrected chi connectivity index (χ0v) is 15.6. The average Bonchev–Trinajstić information content (AvgIpc) is 2.64. The molecule has 6 nitrogen and oxygen atoms in total. The summed E-state index contributed by atoms with van der Waals surface area (Å²) in [5.74, 6) is -0.837. The molecule has 2 aromatic rings. The smallest absolute Gasteiger partial charge is 0.335 e. The summed E-state index contributed by atoms with van der Waals surface area (Å²) in [5.41, 5.74) is 2.83. The van der Waals surface area contributed by atoms with E-state index in [1.165, 1.54) is 0 Å². The van der Waals surface area contributed by atoms with Crippen LogP contribution in [0.3, 0.4) is 0 Å². The van der Waals surface area contributed by atoms with E-state index in [0.717, 1.165) is 36.1 Å². The molecule has 0 atom stereocenters. The van der Waals surface area contributed by atoms with Crippen LogP contribution in [-0.2, 0) is 22.6 Å². The van der Waals surface area contributed by atoms with Crippen LogP contribution in [0, 0.1) is 5.92 Å². The molecule has 1 aliphatic carbocycles. The molecule has 1 saturated carbocycles. The molecule has 0 unspecified atom stereocenters. The average molecular weight is 380 g/mol. The number of anilines is 1. The summed E-state index contributed by atoms with van der Waals surface area (Å²) in [6.45, 7) is 0.393. The van der Waals surface area contributed by atoms with E-state index >= 15 is 0 Å². The minimum absolute atomic E-state index is 0.0707. The predicted octanol–water partition coefficient (Wildman–Crippen LogP) is 3.37. The molecule has 0 aliphatic heterocycles. The Morgan fingerprint density at radius 2 is 1.75 bits per heavy atom. The number of nitrogens with one attached hydrogen (secondary N) is 2. The minimum atomic E-state index is -0.963. The molecule has 3 rings (SSSR count). The number of carboxylic acid groups (broad SMARTS) is 1. The highest BCUT2D eigenvalue weighted by atomic mass is 16.4. The highest BCUT2D eigenvalue weighted by molar-refractivity contribution is 5.93. The first-order chi connectivity index (χ1) is 13.5. The van der Waals surface area contributed by atoms with Crippen molar-refractivity contribution < 1.29 is 19.5 Å². The maximum absolute atomic E-state index is 12.1. The second kappa shape index (κ2) is 9.17. The molecule has 0 radical (unpaired) electrons. The van der Waals surface area contributed by atoms with Gasteiger partial charge >= 0.3 is 5.97 Å². The standard InChI is InChI=1S/C22H24N2O4/c25-20(12-9-15-7-10-18(11-8-15)22(27)28)23-14-16-3-1-6-19(13-16)24-21(26)17-4-2-5-17/h1,3,6-8,10-11,13,17H,2,4-5,9,12,14H2,(H,23,25)(H,24,26)(H,27,28). The Balaban J connectivity index is 1.44. The maximum Gasteiger partial charge on any atom is 0.335 e. The van der Waals surface area contributed by atoms with Gasteiger partial charge in [0.05, 0.1) is 5.56 Å². The number of carbonyl (C=O) groups excluding carboxylic acids is 2. The summed E-state index contributed by atoms with van der Waals surface area (Å²) in [6.07, 6.45) is 3.91. The third kappa shape index (κ3) is 5.42. The number of carboxylic acids is 1. The molecule has 6 heteroatoms. The van der Waals surface area contributed by atoms with E-state index in [4.69, 9.17) is 5.11 Å². The van der Waals surface area contributed by atoms with E-state index in [-0.39, 0.29) is 23.3 Å². The first-order valence-electron chi connectivity index (χ1n) is 9.50. The lowest BCUT2D eigenvalue weighted by Gasteiger charge is -2.24. The van der Waals surface area contributed by atoms with Crippen LogP contribution in [0.25, 0.3) is 0 Å². The van der Waals surface area contributed by atoms with Gasteiger partial charge < -0.3 is 15.7 Å². The maximum atomic E-state index is 12.1. The number of amides is 2. The summed E-state index contributed by atoms with van der Waals surface area (Å²) in [4.78, 5) is 35.0. The van der Waals surface area contributed by atoms with Gasteiger partial charge in [-0.15, -0.1) is 0 Å². The van der Waals surface area contributed by atoms with E-state index < -0.39 is 5.97 Å². The lowest BCUT2D eigenvalue weighted by molar-refractivity contribution is -0.122. The number of hydrogen-bond acceptors (Lipinski definition) is 3. The van der Waals surface area contributed by atoms with E-state index in [0.29, 0.717) is 19.4 Å². The largest absolute Gasteiger partial charge is 0.478 e. The molecule has 0 heterocycles. The number of hydrogen-bond donors (Lipinski definition) is 3. The van der Waals surface area contributed by atoms with E-state index in [1.54, 1.807) is 24.3 Å². The fourth-order valence-electron chi connectivity index (χ4n) is 3.03. The van der Waals surface area contributed by atoms with Gasteiger partial charge in [0.2, 0.25) is 11.8 Å². The predicted molar refractivity (Wildman–Crippen MR) is 106 cm³/mol. The molecule has 0 bridgehead atoms. The molecule has 146 valence electrons. The molecule has 0 spiro atoms. The zero-order chi connectivity index (χ0) is 19.9. The summed E-state index contributed by atoms with van der Waals surface area (Å²) in [5, 5.41) is 14.7. The van der Waals surface area contributed by atoms with Crippen molar-refractivity contribution in [1.82, 2.24) is 5.32 Å². The van der Waals surface area contributed by atoms with Crippen molar-refractivity contribution >= 4 is 23.5 Å². The molecule has 1 aliphatic rings. The van der Waals surface area contributed by atoms with Gasteiger partial charge in [-0.2, -0.15) is 0 Å². The molecular formula is C22H24N2O4. The van der Waals surface area contributed by atoms with Crippen LogP contribution in [0.5, 0.6) is 0 Å². The lowest BCUT2D eigenvalue weighted by atomic mass is 9.85. The molecule has 0 aromatic heterocycles. The van der Waals surface area contributed by atoms with Crippen LogP contribution < -0.4 is 10.6 Å². The Morgan fingerprint density at radius 1 is 1.00 bits per heavy atom. The number of carbonyl (C=O) groups is 3. The van der Waals surface area contributed by atoms with E-state index in [9.17, 15) is 14.4 Å². The topological polar surface area (TPSA) is 95.5 Å². The summed E-state index contributed by atoms with van der Waals surface area (Å²) in [6, 6.07) is 14.0. The number of aromatic carboxylic acids is 1. The Morgan fingerprint density at radius 3 is 2.39 bits per heavy atom. The van der Waals surface area contributed by atoms with Crippen molar-refractivity contribution in [3.8, 4) is 0 Å². The fraction of sp³-hybridized carbons (Fsp3) is 0.318. The molecule has 0 saturated heterocycles. The van der Waals surface area contributed by atoms with Crippen molar-refractivity contribution in [3.63, 3.8) is 0 Å². The zero-order valence-electron chi connectivity index (χ0n) is 15.6. The number of benzene rings is 2. The van der Waals surface area contributed by atoms with Crippen LogP contribution in [0.1, 0.15) is 47.2 Å². The fourth-order valence-corrected chi connectivity index (χ4v) is 3.03. The summed E-state index contributed by atoms with van der Waals surface area (Å²) in [7, 11) is 0. The Bertz CT molecular complexity index is 857. The second-order valence-electron chi connectivity index (χ2n) is 7.10. The van der Waals surface area contributed by atoms with Crippen molar-refractivity contribution in [2.45, 2.75) is 38.6 Å². The van der Waals surface area contributed by atoms with Gasteiger partial charge in [0.1, 0.15) is 0 Å². The molecule has 3 N–H and O–H groups in total. The van der Waals surface area contributed by atoms with Gasteiger partial charge in [-0.05, 0) is 54.7 Å². The van der Waals surface area contributed by atoms with Crippen molar-refractivity contribution in [3.05, 3.63) is 65.2 Å². The van der Waals surface area contributed by atoms with Crippen LogP contribution >= 0.6 is 0 Å². The molecular weight excluding hydrogens is 356 g/mol. The Kier molecular flexibility index (Phi) is 6.42. The minimum Gasteiger partial charge on any atom is -0.478 e. The van der Waals surface area contributed by atoms with Gasteiger partial charge in [-0.3, -0.25) is 9.59 Å². The number of rotatable bonds is 8. The second-order valence-corrected chi connectivity index (χ2v) is 7.10. The van der Waals surface area contributed by atoms with E-state index in [1.807, 2.05) is 24.3 Å². The quantitative estimate of drug-likeness (QED) is 0.654. The molecule has 2 amide bonds.